The normalized spacial score (nSPS) is 12.4. The van der Waals surface area contributed by atoms with Crippen LogP contribution >= 0.6 is 22.9 Å². The van der Waals surface area contributed by atoms with E-state index in [0.29, 0.717) is 43.4 Å². The van der Waals surface area contributed by atoms with E-state index in [1.54, 1.807) is 42.5 Å². The van der Waals surface area contributed by atoms with Crippen LogP contribution in [0, 0.1) is 11.3 Å². The molecule has 33 heavy (non-hydrogen) atoms. The molecule has 1 amide bonds. The van der Waals surface area contributed by atoms with Crippen molar-refractivity contribution < 1.29 is 13.9 Å². The molecule has 2 aromatic heterocycles. The molecule has 0 radical (unpaired) electrons. The number of ether oxygens (including phenoxy) is 1. The third-order valence-corrected chi connectivity index (χ3v) is 7.10. The van der Waals surface area contributed by atoms with Crippen LogP contribution in [0.2, 0.25) is 5.02 Å². The van der Waals surface area contributed by atoms with Gasteiger partial charge in [-0.2, -0.15) is 5.26 Å². The van der Waals surface area contributed by atoms with Crippen LogP contribution in [0.3, 0.4) is 0 Å². The smallest absolute Gasteiger partial charge is 0.262 e. The summed E-state index contributed by atoms with van der Waals surface area (Å²) in [6.07, 6.45) is 4.25. The van der Waals surface area contributed by atoms with Crippen molar-refractivity contribution in [1.82, 2.24) is 0 Å². The Kier molecular flexibility index (Phi) is 5.63. The van der Waals surface area contributed by atoms with Crippen LogP contribution in [0.5, 0.6) is 5.75 Å². The van der Waals surface area contributed by atoms with E-state index >= 15 is 0 Å². The molecule has 0 saturated carbocycles. The maximum Gasteiger partial charge on any atom is 0.262 e. The summed E-state index contributed by atoms with van der Waals surface area (Å²) in [4.78, 5) is 26.5. The van der Waals surface area contributed by atoms with Gasteiger partial charge in [0.2, 0.25) is 5.43 Å². The molecular formula is C25H17ClN2O4S. The number of thiophene rings is 1. The zero-order chi connectivity index (χ0) is 22.9. The number of halogens is 1. The molecule has 2 heterocycles. The van der Waals surface area contributed by atoms with Gasteiger partial charge in [0.15, 0.2) is 6.61 Å². The van der Waals surface area contributed by atoms with E-state index in [1.165, 1.54) is 22.5 Å². The number of nitriles is 1. The monoisotopic (exact) mass is 476 g/mol. The summed E-state index contributed by atoms with van der Waals surface area (Å²) in [7, 11) is 0. The van der Waals surface area contributed by atoms with Gasteiger partial charge in [0.25, 0.3) is 5.91 Å². The van der Waals surface area contributed by atoms with E-state index in [4.69, 9.17) is 20.8 Å². The van der Waals surface area contributed by atoms with E-state index < -0.39 is 0 Å². The Hall–Kier alpha value is -3.60. The molecule has 4 aromatic rings. The number of aryl methyl sites for hydroxylation is 1. The SMILES string of the molecule is N#Cc1c(NC(=O)COc2ccc3c(=O)c(-c4ccccc4Cl)coc3c2)sc2c1CCC2. The van der Waals surface area contributed by atoms with Crippen LogP contribution in [0.15, 0.2) is 57.9 Å². The third-order valence-electron chi connectivity index (χ3n) is 5.57. The maximum atomic E-state index is 12.9. The van der Waals surface area contributed by atoms with Crippen LogP contribution in [0.1, 0.15) is 22.4 Å². The van der Waals surface area contributed by atoms with E-state index in [-0.39, 0.29) is 17.9 Å². The molecular weight excluding hydrogens is 460 g/mol. The summed E-state index contributed by atoms with van der Waals surface area (Å²) in [5, 5.41) is 13.7. The molecule has 0 bridgehead atoms. The predicted molar refractivity (Wildman–Crippen MR) is 128 cm³/mol. The van der Waals surface area contributed by atoms with Crippen molar-refractivity contribution in [2.24, 2.45) is 0 Å². The van der Waals surface area contributed by atoms with Crippen molar-refractivity contribution >= 4 is 44.8 Å². The Balaban J connectivity index is 1.32. The average Bonchev–Trinajstić information content (AvgIpc) is 3.39. The average molecular weight is 477 g/mol. The molecule has 1 aliphatic rings. The Bertz CT molecular complexity index is 1500. The van der Waals surface area contributed by atoms with Crippen molar-refractivity contribution in [3.05, 3.63) is 80.0 Å². The van der Waals surface area contributed by atoms with Crippen LogP contribution < -0.4 is 15.5 Å². The van der Waals surface area contributed by atoms with Gasteiger partial charge < -0.3 is 14.5 Å². The van der Waals surface area contributed by atoms with Crippen LogP contribution in [0.25, 0.3) is 22.1 Å². The third kappa shape index (κ3) is 3.99. The van der Waals surface area contributed by atoms with Crippen LogP contribution in [0.4, 0.5) is 5.00 Å². The molecule has 0 atom stereocenters. The number of rotatable bonds is 5. The summed E-state index contributed by atoms with van der Waals surface area (Å²) in [5.74, 6) is 0.0301. The number of benzene rings is 2. The number of nitrogens with zero attached hydrogens (tertiary/aromatic N) is 1. The molecule has 0 spiro atoms. The van der Waals surface area contributed by atoms with Gasteiger partial charge >= 0.3 is 0 Å². The number of nitrogens with one attached hydrogen (secondary N) is 1. The Morgan fingerprint density at radius 2 is 2.06 bits per heavy atom. The standard InChI is InChI=1S/C25H17ClN2O4S/c26-20-6-2-1-4-15(20)19-12-32-21-10-14(8-9-17(21)24(19)30)31-13-23(29)28-25-18(11-27)16-5-3-7-22(16)33-25/h1-2,4,6,8-10,12H,3,5,7,13H2,(H,28,29). The molecule has 1 N–H and O–H groups in total. The lowest BCUT2D eigenvalue weighted by Crippen LogP contribution is -2.20. The fourth-order valence-corrected chi connectivity index (χ4v) is 5.48. The Morgan fingerprint density at radius 1 is 1.21 bits per heavy atom. The van der Waals surface area contributed by atoms with Gasteiger partial charge in [-0.1, -0.05) is 29.8 Å². The number of anilines is 1. The second-order valence-corrected chi connectivity index (χ2v) is 9.14. The molecule has 0 aliphatic heterocycles. The molecule has 8 heteroatoms. The molecule has 5 rings (SSSR count). The first-order valence-corrected chi connectivity index (χ1v) is 11.5. The molecule has 2 aromatic carbocycles. The summed E-state index contributed by atoms with van der Waals surface area (Å²) in [6, 6.07) is 14.1. The summed E-state index contributed by atoms with van der Waals surface area (Å²) in [6.45, 7) is -0.235. The largest absolute Gasteiger partial charge is 0.484 e. The number of fused-ring (bicyclic) bond motifs is 2. The topological polar surface area (TPSA) is 92.3 Å². The van der Waals surface area contributed by atoms with Crippen molar-refractivity contribution in [3.8, 4) is 22.9 Å². The second-order valence-electron chi connectivity index (χ2n) is 7.63. The van der Waals surface area contributed by atoms with Gasteiger partial charge in [0.05, 0.1) is 16.5 Å². The number of hydrogen-bond acceptors (Lipinski definition) is 6. The highest BCUT2D eigenvalue weighted by molar-refractivity contribution is 7.16. The zero-order valence-electron chi connectivity index (χ0n) is 17.3. The van der Waals surface area contributed by atoms with Gasteiger partial charge in [-0.3, -0.25) is 9.59 Å². The van der Waals surface area contributed by atoms with Crippen LogP contribution in [-0.2, 0) is 17.6 Å². The Morgan fingerprint density at radius 3 is 2.88 bits per heavy atom. The lowest BCUT2D eigenvalue weighted by atomic mass is 10.1. The highest BCUT2D eigenvalue weighted by atomic mass is 35.5. The van der Waals surface area contributed by atoms with Crippen molar-refractivity contribution in [2.75, 3.05) is 11.9 Å². The fraction of sp³-hybridized carbons (Fsp3) is 0.160. The quantitative estimate of drug-likeness (QED) is 0.407. The van der Waals surface area contributed by atoms with E-state index in [0.717, 1.165) is 24.8 Å². The van der Waals surface area contributed by atoms with Gasteiger partial charge in [-0.25, -0.2) is 0 Å². The second kappa shape index (κ2) is 8.74. The van der Waals surface area contributed by atoms with Crippen molar-refractivity contribution in [3.63, 3.8) is 0 Å². The molecule has 6 nitrogen and oxygen atoms in total. The number of hydrogen-bond donors (Lipinski definition) is 1. The van der Waals surface area contributed by atoms with E-state index in [9.17, 15) is 14.9 Å². The minimum absolute atomic E-state index is 0.205. The first-order chi connectivity index (χ1) is 16.0. The predicted octanol–water partition coefficient (Wildman–Crippen LogP) is 5.55. The maximum absolute atomic E-state index is 12.9. The first kappa shape index (κ1) is 21.3. The number of carbonyl (C=O) groups is 1. The molecule has 0 saturated heterocycles. The van der Waals surface area contributed by atoms with Crippen molar-refractivity contribution in [2.45, 2.75) is 19.3 Å². The minimum Gasteiger partial charge on any atom is -0.484 e. The zero-order valence-corrected chi connectivity index (χ0v) is 18.9. The highest BCUT2D eigenvalue weighted by Crippen LogP contribution is 2.38. The first-order valence-electron chi connectivity index (χ1n) is 10.3. The molecule has 1 aliphatic carbocycles. The molecule has 164 valence electrons. The van der Waals surface area contributed by atoms with Gasteiger partial charge in [-0.15, -0.1) is 11.3 Å². The minimum atomic E-state index is -0.359. The van der Waals surface area contributed by atoms with E-state index in [1.807, 2.05) is 0 Å². The van der Waals surface area contributed by atoms with Crippen LogP contribution in [-0.4, -0.2) is 12.5 Å². The number of carbonyl (C=O) groups excluding carboxylic acids is 1. The lowest BCUT2D eigenvalue weighted by Gasteiger charge is -2.08. The molecule has 0 unspecified atom stereocenters. The van der Waals surface area contributed by atoms with Gasteiger partial charge in [0.1, 0.15) is 28.7 Å². The molecule has 0 fully saturated rings. The summed E-state index contributed by atoms with van der Waals surface area (Å²) < 4.78 is 11.3. The Labute approximate surface area is 198 Å². The highest BCUT2D eigenvalue weighted by Gasteiger charge is 2.23. The number of amides is 1. The fourth-order valence-electron chi connectivity index (χ4n) is 3.99. The lowest BCUT2D eigenvalue weighted by molar-refractivity contribution is -0.118. The summed E-state index contributed by atoms with van der Waals surface area (Å²) >= 11 is 7.68. The van der Waals surface area contributed by atoms with E-state index in [2.05, 4.69) is 11.4 Å². The van der Waals surface area contributed by atoms with Gasteiger partial charge in [0, 0.05) is 21.5 Å². The van der Waals surface area contributed by atoms with Gasteiger partial charge in [-0.05, 0) is 43.0 Å². The van der Waals surface area contributed by atoms with Crippen molar-refractivity contribution in [1.29, 1.82) is 5.26 Å². The summed E-state index contributed by atoms with van der Waals surface area (Å²) in [5.41, 5.74) is 2.72.